The lowest BCUT2D eigenvalue weighted by Gasteiger charge is -2.13. The van der Waals surface area contributed by atoms with Crippen LogP contribution < -0.4 is 5.32 Å². The normalized spacial score (nSPS) is 13.5. The second-order valence-electron chi connectivity index (χ2n) is 4.91. The van der Waals surface area contributed by atoms with E-state index in [9.17, 15) is 14.4 Å². The highest BCUT2D eigenvalue weighted by molar-refractivity contribution is 9.10. The average Bonchev–Trinajstić information content (AvgIpc) is 2.69. The fourth-order valence-electron chi connectivity index (χ4n) is 2.17. The van der Waals surface area contributed by atoms with Gasteiger partial charge in [0.25, 0.3) is 11.8 Å². The zero-order chi connectivity index (χ0) is 15.4. The molecule has 0 bridgehead atoms. The Morgan fingerprint density at radius 1 is 1.24 bits per heavy atom. The van der Waals surface area contributed by atoms with E-state index >= 15 is 0 Å². The van der Waals surface area contributed by atoms with E-state index in [-0.39, 0.29) is 30.7 Å². The van der Waals surface area contributed by atoms with Crippen LogP contribution in [-0.2, 0) is 4.79 Å². The third kappa shape index (κ3) is 3.50. The summed E-state index contributed by atoms with van der Waals surface area (Å²) in [5.41, 5.74) is 0.787. The fraction of sp³-hybridized carbons (Fsp3) is 0.400. The quantitative estimate of drug-likeness (QED) is 0.631. The van der Waals surface area contributed by atoms with Gasteiger partial charge in [0.2, 0.25) is 5.91 Å². The first-order chi connectivity index (χ1) is 10.0. The Morgan fingerprint density at radius 3 is 2.67 bits per heavy atom. The zero-order valence-electron chi connectivity index (χ0n) is 11.8. The van der Waals surface area contributed by atoms with Crippen molar-refractivity contribution in [3.8, 4) is 0 Å². The molecule has 1 heterocycles. The van der Waals surface area contributed by atoms with Crippen molar-refractivity contribution in [1.82, 2.24) is 10.2 Å². The molecule has 1 aliphatic rings. The summed E-state index contributed by atoms with van der Waals surface area (Å²) in [4.78, 5) is 37.1. The molecule has 112 valence electrons. The monoisotopic (exact) mass is 352 g/mol. The van der Waals surface area contributed by atoms with Crippen LogP contribution in [0.5, 0.6) is 0 Å². The van der Waals surface area contributed by atoms with Crippen LogP contribution in [0.25, 0.3) is 0 Å². The van der Waals surface area contributed by atoms with Crippen LogP contribution in [0.1, 0.15) is 46.9 Å². The van der Waals surface area contributed by atoms with Crippen LogP contribution in [0.3, 0.4) is 0 Å². The van der Waals surface area contributed by atoms with Crippen molar-refractivity contribution in [1.29, 1.82) is 0 Å². The number of carbonyl (C=O) groups is 3. The largest absolute Gasteiger partial charge is 0.356 e. The Bertz CT molecular complexity index is 586. The topological polar surface area (TPSA) is 66.5 Å². The molecular weight excluding hydrogens is 336 g/mol. The summed E-state index contributed by atoms with van der Waals surface area (Å²) in [6, 6.07) is 4.99. The molecule has 0 aliphatic carbocycles. The van der Waals surface area contributed by atoms with E-state index in [1.807, 2.05) is 6.92 Å². The average molecular weight is 353 g/mol. The van der Waals surface area contributed by atoms with Gasteiger partial charge < -0.3 is 5.32 Å². The van der Waals surface area contributed by atoms with Gasteiger partial charge in [-0.2, -0.15) is 0 Å². The molecule has 1 aromatic carbocycles. The Balaban J connectivity index is 1.96. The minimum Gasteiger partial charge on any atom is -0.356 e. The molecular formula is C15H17BrN2O3. The van der Waals surface area contributed by atoms with Crippen molar-refractivity contribution in [2.75, 3.05) is 13.1 Å². The van der Waals surface area contributed by atoms with Crippen molar-refractivity contribution in [2.45, 2.75) is 26.2 Å². The van der Waals surface area contributed by atoms with E-state index in [1.54, 1.807) is 18.2 Å². The van der Waals surface area contributed by atoms with Crippen LogP contribution in [0, 0.1) is 0 Å². The summed E-state index contributed by atoms with van der Waals surface area (Å²) in [7, 11) is 0. The maximum absolute atomic E-state index is 12.2. The molecule has 0 fully saturated rings. The van der Waals surface area contributed by atoms with Crippen LogP contribution in [-0.4, -0.2) is 35.7 Å². The molecule has 3 amide bonds. The molecule has 0 radical (unpaired) electrons. The molecule has 5 nitrogen and oxygen atoms in total. The van der Waals surface area contributed by atoms with Crippen LogP contribution in [0.15, 0.2) is 22.7 Å². The summed E-state index contributed by atoms with van der Waals surface area (Å²) >= 11 is 3.28. The summed E-state index contributed by atoms with van der Waals surface area (Å²) < 4.78 is 0.751. The number of amides is 3. The number of nitrogens with zero attached hydrogens (tertiary/aromatic N) is 1. The standard InChI is InChI=1S/C15H17BrN2O3/c1-2-3-7-17-13(19)6-8-18-14(20)11-5-4-10(16)9-12(11)15(18)21/h4-5,9H,2-3,6-8H2,1H3,(H,17,19). The first kappa shape index (κ1) is 15.7. The van der Waals surface area contributed by atoms with Crippen molar-refractivity contribution in [3.63, 3.8) is 0 Å². The minimum atomic E-state index is -0.336. The third-order valence-corrected chi connectivity index (χ3v) is 3.84. The van der Waals surface area contributed by atoms with Crippen LogP contribution in [0.4, 0.5) is 0 Å². The number of halogens is 1. The minimum absolute atomic E-state index is 0.113. The molecule has 0 saturated carbocycles. The second-order valence-corrected chi connectivity index (χ2v) is 5.82. The first-order valence-electron chi connectivity index (χ1n) is 6.97. The second kappa shape index (κ2) is 6.85. The van der Waals surface area contributed by atoms with Crippen molar-refractivity contribution < 1.29 is 14.4 Å². The van der Waals surface area contributed by atoms with E-state index in [4.69, 9.17) is 0 Å². The smallest absolute Gasteiger partial charge is 0.261 e. The van der Waals surface area contributed by atoms with Gasteiger partial charge in [0.1, 0.15) is 0 Å². The van der Waals surface area contributed by atoms with E-state index in [0.717, 1.165) is 22.2 Å². The Kier molecular flexibility index (Phi) is 5.12. The maximum Gasteiger partial charge on any atom is 0.261 e. The number of carbonyl (C=O) groups excluding carboxylic acids is 3. The predicted molar refractivity (Wildman–Crippen MR) is 82.0 cm³/mol. The van der Waals surface area contributed by atoms with Crippen molar-refractivity contribution in [3.05, 3.63) is 33.8 Å². The number of imide groups is 1. The number of hydrogen-bond donors (Lipinski definition) is 1. The van der Waals surface area contributed by atoms with Gasteiger partial charge in [-0.25, -0.2) is 0 Å². The van der Waals surface area contributed by atoms with Gasteiger partial charge in [-0.15, -0.1) is 0 Å². The molecule has 0 atom stereocenters. The third-order valence-electron chi connectivity index (χ3n) is 3.35. The molecule has 1 N–H and O–H groups in total. The fourth-order valence-corrected chi connectivity index (χ4v) is 2.53. The van der Waals surface area contributed by atoms with Gasteiger partial charge in [-0.1, -0.05) is 29.3 Å². The van der Waals surface area contributed by atoms with Gasteiger partial charge in [0.05, 0.1) is 11.1 Å². The summed E-state index contributed by atoms with van der Waals surface area (Å²) in [6.07, 6.45) is 2.07. The van der Waals surface area contributed by atoms with E-state index in [2.05, 4.69) is 21.2 Å². The predicted octanol–water partition coefficient (Wildman–Crippen LogP) is 2.35. The Hall–Kier alpha value is -1.69. The summed E-state index contributed by atoms with van der Waals surface area (Å²) in [6.45, 7) is 2.79. The van der Waals surface area contributed by atoms with Gasteiger partial charge in [0, 0.05) is 24.0 Å². The number of nitrogens with one attached hydrogen (secondary N) is 1. The number of fused-ring (bicyclic) bond motifs is 1. The number of benzene rings is 1. The SMILES string of the molecule is CCCCNC(=O)CCN1C(=O)c2ccc(Br)cc2C1=O. The highest BCUT2D eigenvalue weighted by atomic mass is 79.9. The Labute approximate surface area is 131 Å². The molecule has 1 aromatic rings. The van der Waals surface area contributed by atoms with Gasteiger partial charge in [-0.05, 0) is 24.6 Å². The molecule has 2 rings (SSSR count). The molecule has 0 unspecified atom stereocenters. The highest BCUT2D eigenvalue weighted by Gasteiger charge is 2.35. The Morgan fingerprint density at radius 2 is 1.95 bits per heavy atom. The van der Waals surface area contributed by atoms with E-state index < -0.39 is 0 Å². The lowest BCUT2D eigenvalue weighted by Crippen LogP contribution is -2.34. The van der Waals surface area contributed by atoms with Gasteiger partial charge in [-0.3, -0.25) is 19.3 Å². The number of hydrogen-bond acceptors (Lipinski definition) is 3. The zero-order valence-corrected chi connectivity index (χ0v) is 13.4. The van der Waals surface area contributed by atoms with Crippen LogP contribution >= 0.6 is 15.9 Å². The van der Waals surface area contributed by atoms with E-state index in [1.165, 1.54) is 0 Å². The van der Waals surface area contributed by atoms with E-state index in [0.29, 0.717) is 17.7 Å². The highest BCUT2D eigenvalue weighted by Crippen LogP contribution is 2.25. The number of rotatable bonds is 6. The molecule has 6 heteroatoms. The van der Waals surface area contributed by atoms with Gasteiger partial charge in [0.15, 0.2) is 0 Å². The molecule has 1 aliphatic heterocycles. The van der Waals surface area contributed by atoms with Crippen molar-refractivity contribution >= 4 is 33.7 Å². The molecule has 0 saturated heterocycles. The first-order valence-corrected chi connectivity index (χ1v) is 7.76. The molecule has 0 spiro atoms. The summed E-state index contributed by atoms with van der Waals surface area (Å²) in [5.74, 6) is -0.803. The van der Waals surface area contributed by atoms with Crippen molar-refractivity contribution in [2.24, 2.45) is 0 Å². The van der Waals surface area contributed by atoms with Crippen LogP contribution in [0.2, 0.25) is 0 Å². The lowest BCUT2D eigenvalue weighted by molar-refractivity contribution is -0.121. The molecule has 0 aromatic heterocycles. The van der Waals surface area contributed by atoms with Gasteiger partial charge >= 0.3 is 0 Å². The number of unbranched alkanes of at least 4 members (excludes halogenated alkanes) is 1. The lowest BCUT2D eigenvalue weighted by atomic mass is 10.1. The molecule has 21 heavy (non-hydrogen) atoms. The maximum atomic E-state index is 12.2. The summed E-state index contributed by atoms with van der Waals surface area (Å²) in [5, 5.41) is 2.77.